The van der Waals surface area contributed by atoms with Crippen molar-refractivity contribution >= 4 is 12.4 Å². The number of aliphatic imine (C=N–C) groups is 2. The van der Waals surface area contributed by atoms with Crippen LogP contribution in [0.2, 0.25) is 0 Å². The minimum Gasteiger partial charge on any atom is -0.872 e. The van der Waals surface area contributed by atoms with Gasteiger partial charge in [0.1, 0.15) is 11.5 Å². The van der Waals surface area contributed by atoms with Crippen LogP contribution in [-0.4, -0.2) is 38.7 Å². The van der Waals surface area contributed by atoms with Crippen LogP contribution >= 0.6 is 0 Å². The summed E-state index contributed by atoms with van der Waals surface area (Å²) < 4.78 is 9.97. The van der Waals surface area contributed by atoms with Gasteiger partial charge in [0.15, 0.2) is 0 Å². The molecule has 0 spiro atoms. The molecule has 0 aromatic heterocycles. The molecule has 0 bridgehead atoms. The van der Waals surface area contributed by atoms with Gasteiger partial charge in [-0.05, 0) is 61.1 Å². The number of methoxy groups -OCH3 is 2. The normalized spacial score (nSPS) is 16.5. The molecule has 0 aliphatic heterocycles. The van der Waals surface area contributed by atoms with E-state index in [4.69, 9.17) is 9.47 Å². The minimum absolute atomic E-state index is 0. The molecule has 2 aromatic rings. The van der Waals surface area contributed by atoms with Gasteiger partial charge in [0.05, 0.1) is 14.2 Å². The zero-order chi connectivity index (χ0) is 22.8. The van der Waals surface area contributed by atoms with Crippen LogP contribution in [0.15, 0.2) is 46.4 Å². The zero-order valence-corrected chi connectivity index (χ0v) is 20.2. The van der Waals surface area contributed by atoms with E-state index in [0.29, 0.717) is 34.7 Å². The standard InChI is InChI=1S/2C13H17NO2.Cu/c2*1-16-12-7-6-10(13(15)8-12)9-14-11-4-2-3-5-11;/h2*6-9,11,15H,2-5H2,1H3;/q;;+2/p-2. The number of rotatable bonds is 6. The average molecular weight is 500 g/mol. The predicted molar refractivity (Wildman–Crippen MR) is 125 cm³/mol. The molecule has 2 aliphatic rings. The van der Waals surface area contributed by atoms with Crippen LogP contribution in [0.5, 0.6) is 23.0 Å². The first-order chi connectivity index (χ1) is 15.6. The fourth-order valence-corrected chi connectivity index (χ4v) is 3.97. The molecule has 6 nitrogen and oxygen atoms in total. The molecule has 0 unspecified atom stereocenters. The molecule has 2 aliphatic carbocycles. The maximum Gasteiger partial charge on any atom is 2.00 e. The smallest absolute Gasteiger partial charge is 0.872 e. The molecule has 0 N–H and O–H groups in total. The summed E-state index contributed by atoms with van der Waals surface area (Å²) in [4.78, 5) is 8.89. The Morgan fingerprint density at radius 3 is 1.36 bits per heavy atom. The first-order valence-electron chi connectivity index (χ1n) is 11.4. The quantitative estimate of drug-likeness (QED) is 0.438. The molecule has 181 valence electrons. The van der Waals surface area contributed by atoms with Crippen LogP contribution in [0.25, 0.3) is 0 Å². The molecule has 2 saturated carbocycles. The Morgan fingerprint density at radius 1 is 0.697 bits per heavy atom. The van der Waals surface area contributed by atoms with Crippen LogP contribution in [-0.2, 0) is 17.1 Å². The summed E-state index contributed by atoms with van der Waals surface area (Å²) in [7, 11) is 3.11. The predicted octanol–water partition coefficient (Wildman–Crippen LogP) is 4.26. The minimum atomic E-state index is -0.0268. The Labute approximate surface area is 207 Å². The topological polar surface area (TPSA) is 89.3 Å². The first-order valence-corrected chi connectivity index (χ1v) is 11.4. The molecule has 1 radical (unpaired) electrons. The van der Waals surface area contributed by atoms with E-state index in [1.54, 1.807) is 50.9 Å². The van der Waals surface area contributed by atoms with Crippen LogP contribution < -0.4 is 19.7 Å². The third-order valence-corrected chi connectivity index (χ3v) is 5.94. The van der Waals surface area contributed by atoms with Crippen molar-refractivity contribution < 1.29 is 36.8 Å². The van der Waals surface area contributed by atoms with Crippen LogP contribution in [0.1, 0.15) is 62.5 Å². The summed E-state index contributed by atoms with van der Waals surface area (Å²) in [5, 5.41) is 23.3. The number of nitrogens with zero attached hydrogens (tertiary/aromatic N) is 2. The molecule has 33 heavy (non-hydrogen) atoms. The molecule has 0 amide bonds. The number of hydrogen-bond acceptors (Lipinski definition) is 6. The summed E-state index contributed by atoms with van der Waals surface area (Å²) in [5.41, 5.74) is 1.29. The van der Waals surface area contributed by atoms with E-state index < -0.39 is 0 Å². The van der Waals surface area contributed by atoms with Crippen molar-refractivity contribution in [2.45, 2.75) is 63.5 Å². The second kappa shape index (κ2) is 13.9. The van der Waals surface area contributed by atoms with Crippen molar-refractivity contribution in [1.82, 2.24) is 0 Å². The van der Waals surface area contributed by atoms with E-state index in [0.717, 1.165) is 25.7 Å². The number of ether oxygens (including phenoxy) is 2. The Hall–Kier alpha value is -2.50. The van der Waals surface area contributed by atoms with Crippen molar-refractivity contribution in [3.8, 4) is 23.0 Å². The van der Waals surface area contributed by atoms with E-state index in [1.165, 1.54) is 37.8 Å². The van der Waals surface area contributed by atoms with Crippen molar-refractivity contribution in [1.29, 1.82) is 0 Å². The fraction of sp³-hybridized carbons (Fsp3) is 0.462. The maximum atomic E-state index is 11.6. The molecule has 0 saturated heterocycles. The molecule has 7 heteroatoms. The maximum absolute atomic E-state index is 11.6. The molecule has 0 heterocycles. The zero-order valence-electron chi connectivity index (χ0n) is 19.3. The van der Waals surface area contributed by atoms with Crippen molar-refractivity contribution in [2.24, 2.45) is 9.98 Å². The molecule has 4 rings (SSSR count). The van der Waals surface area contributed by atoms with E-state index in [9.17, 15) is 10.2 Å². The van der Waals surface area contributed by atoms with Gasteiger partial charge in [-0.3, -0.25) is 9.98 Å². The molecule has 2 aromatic carbocycles. The van der Waals surface area contributed by atoms with Gasteiger partial charge < -0.3 is 19.7 Å². The average Bonchev–Trinajstić information content (AvgIpc) is 3.52. The third-order valence-electron chi connectivity index (χ3n) is 5.94. The molecule has 0 atom stereocenters. The molecule has 2 fully saturated rings. The van der Waals surface area contributed by atoms with Gasteiger partial charge in [0.2, 0.25) is 0 Å². The van der Waals surface area contributed by atoms with E-state index >= 15 is 0 Å². The van der Waals surface area contributed by atoms with Crippen molar-refractivity contribution in [3.05, 3.63) is 47.5 Å². The summed E-state index contributed by atoms with van der Waals surface area (Å²) >= 11 is 0. The summed E-state index contributed by atoms with van der Waals surface area (Å²) in [6, 6.07) is 10.9. The van der Waals surface area contributed by atoms with E-state index in [2.05, 4.69) is 9.98 Å². The van der Waals surface area contributed by atoms with E-state index in [-0.39, 0.29) is 28.6 Å². The van der Waals surface area contributed by atoms with E-state index in [1.807, 2.05) is 0 Å². The molecular formula is C26H32CuN2O4. The van der Waals surface area contributed by atoms with Gasteiger partial charge in [-0.25, -0.2) is 0 Å². The van der Waals surface area contributed by atoms with Gasteiger partial charge >= 0.3 is 17.1 Å². The molecular weight excluding hydrogens is 468 g/mol. The number of hydrogen-bond donors (Lipinski definition) is 0. The first kappa shape index (κ1) is 26.7. The van der Waals surface area contributed by atoms with Crippen LogP contribution in [0.4, 0.5) is 0 Å². The van der Waals surface area contributed by atoms with Gasteiger partial charge in [0.25, 0.3) is 0 Å². The van der Waals surface area contributed by atoms with Gasteiger partial charge in [-0.15, -0.1) is 0 Å². The Morgan fingerprint density at radius 2 is 1.06 bits per heavy atom. The van der Waals surface area contributed by atoms with Gasteiger partial charge in [-0.1, -0.05) is 49.3 Å². The SMILES string of the molecule is COc1ccc(C=NC2CCCC2)c([O-])c1.COc1ccc(C=NC2CCCC2)c([O-])c1.[Cu+2]. The van der Waals surface area contributed by atoms with Crippen molar-refractivity contribution in [2.75, 3.05) is 14.2 Å². The van der Waals surface area contributed by atoms with Crippen LogP contribution in [0, 0.1) is 0 Å². The fourth-order valence-electron chi connectivity index (χ4n) is 3.97. The largest absolute Gasteiger partial charge is 2.00 e. The summed E-state index contributed by atoms with van der Waals surface area (Å²) in [6.45, 7) is 0. The Balaban J connectivity index is 0.000000227. The van der Waals surface area contributed by atoms with Crippen LogP contribution in [0.3, 0.4) is 0 Å². The second-order valence-electron chi connectivity index (χ2n) is 8.24. The second-order valence-corrected chi connectivity index (χ2v) is 8.24. The van der Waals surface area contributed by atoms with Crippen molar-refractivity contribution in [3.63, 3.8) is 0 Å². The Kier molecular flexibility index (Phi) is 11.3. The Bertz CT molecular complexity index is 845. The summed E-state index contributed by atoms with van der Waals surface area (Å²) in [5.74, 6) is 1.15. The van der Waals surface area contributed by atoms with Gasteiger partial charge in [0, 0.05) is 24.5 Å². The third kappa shape index (κ3) is 8.41. The monoisotopic (exact) mass is 499 g/mol. The van der Waals surface area contributed by atoms with Gasteiger partial charge in [-0.2, -0.15) is 0 Å². The number of benzene rings is 2. The summed E-state index contributed by atoms with van der Waals surface area (Å²) in [6.07, 6.45) is 13.1.